The van der Waals surface area contributed by atoms with Gasteiger partial charge in [-0.15, -0.1) is 0 Å². The Labute approximate surface area is 196 Å². The van der Waals surface area contributed by atoms with Crippen LogP contribution in [0.25, 0.3) is 5.82 Å². The van der Waals surface area contributed by atoms with Crippen molar-refractivity contribution in [3.63, 3.8) is 0 Å². The molecule has 6 nitrogen and oxygen atoms in total. The minimum absolute atomic E-state index is 0.0942. The Morgan fingerprint density at radius 3 is 2.69 bits per heavy atom. The third-order valence-electron chi connectivity index (χ3n) is 5.52. The van der Waals surface area contributed by atoms with Crippen molar-refractivity contribution in [2.45, 2.75) is 19.0 Å². The number of pyridine rings is 2. The predicted octanol–water partition coefficient (Wildman–Crippen LogP) is 5.11. The summed E-state index contributed by atoms with van der Waals surface area (Å²) in [6.45, 7) is 2.01. The van der Waals surface area contributed by atoms with E-state index in [1.165, 1.54) is 0 Å². The second-order valence-corrected chi connectivity index (χ2v) is 8.45. The van der Waals surface area contributed by atoms with E-state index >= 15 is 0 Å². The molecule has 0 radical (unpaired) electrons. The van der Waals surface area contributed by atoms with Gasteiger partial charge in [0.2, 0.25) is 0 Å². The Morgan fingerprint density at radius 2 is 1.94 bits per heavy atom. The van der Waals surface area contributed by atoms with Crippen molar-refractivity contribution in [3.05, 3.63) is 101 Å². The summed E-state index contributed by atoms with van der Waals surface area (Å²) in [5.41, 5.74) is 3.41. The zero-order valence-corrected chi connectivity index (χ0v) is 18.8. The summed E-state index contributed by atoms with van der Waals surface area (Å²) in [4.78, 5) is 11.1. The van der Waals surface area contributed by atoms with Gasteiger partial charge in [0.1, 0.15) is 17.6 Å². The monoisotopic (exact) mass is 461 g/mol. The summed E-state index contributed by atoms with van der Waals surface area (Å²) in [7, 11) is 0. The van der Waals surface area contributed by atoms with Crippen LogP contribution in [0.3, 0.4) is 0 Å². The third-order valence-corrected chi connectivity index (χ3v) is 6.07. The largest absolute Gasteiger partial charge is 0.506 e. The molecule has 1 fully saturated rings. The van der Waals surface area contributed by atoms with Crippen LogP contribution in [0.1, 0.15) is 29.0 Å². The second-order valence-electron chi connectivity index (χ2n) is 7.63. The predicted molar refractivity (Wildman–Crippen MR) is 129 cm³/mol. The van der Waals surface area contributed by atoms with Crippen LogP contribution in [-0.4, -0.2) is 24.8 Å². The number of nitrogens with zero attached hydrogens (tertiary/aromatic N) is 4. The number of thiocarbonyl (C=S) groups is 1. The molecule has 8 heteroatoms. The highest BCUT2D eigenvalue weighted by atomic mass is 35.5. The molecule has 2 atom stereocenters. The van der Waals surface area contributed by atoms with E-state index < -0.39 is 0 Å². The van der Waals surface area contributed by atoms with Crippen molar-refractivity contribution in [2.24, 2.45) is 0 Å². The molecule has 0 bridgehead atoms. The van der Waals surface area contributed by atoms with Gasteiger partial charge in [0, 0.05) is 29.3 Å². The van der Waals surface area contributed by atoms with Crippen LogP contribution in [-0.2, 0) is 0 Å². The summed E-state index contributed by atoms with van der Waals surface area (Å²) in [5, 5.41) is 15.1. The molecular weight excluding hydrogens is 442 g/mol. The number of phenols is 1. The van der Waals surface area contributed by atoms with E-state index in [0.717, 1.165) is 22.8 Å². The van der Waals surface area contributed by atoms with Gasteiger partial charge in [0.25, 0.3) is 0 Å². The van der Waals surface area contributed by atoms with Gasteiger partial charge in [0.05, 0.1) is 17.4 Å². The lowest BCUT2D eigenvalue weighted by Gasteiger charge is -2.29. The van der Waals surface area contributed by atoms with Gasteiger partial charge in [-0.3, -0.25) is 4.98 Å². The Balaban J connectivity index is 1.69. The number of aromatic hydroxyl groups is 1. The number of rotatable bonds is 4. The van der Waals surface area contributed by atoms with Gasteiger partial charge in [-0.25, -0.2) is 4.98 Å². The van der Waals surface area contributed by atoms with E-state index in [9.17, 15) is 5.11 Å². The Hall–Kier alpha value is -3.42. The van der Waals surface area contributed by atoms with Gasteiger partial charge in [-0.2, -0.15) is 0 Å². The number of phenolic OH excluding ortho intramolecular Hbond substituents is 1. The lowest BCUT2D eigenvalue weighted by atomic mass is 10.0. The van der Waals surface area contributed by atoms with Gasteiger partial charge in [0.15, 0.2) is 5.11 Å². The molecular formula is C24H20ClN5OS. The molecule has 1 saturated heterocycles. The third kappa shape index (κ3) is 3.59. The van der Waals surface area contributed by atoms with Gasteiger partial charge in [-0.1, -0.05) is 23.7 Å². The highest BCUT2D eigenvalue weighted by Gasteiger charge is 2.43. The van der Waals surface area contributed by atoms with Crippen molar-refractivity contribution < 1.29 is 5.11 Å². The Morgan fingerprint density at radius 1 is 1.06 bits per heavy atom. The zero-order chi connectivity index (χ0) is 22.2. The van der Waals surface area contributed by atoms with Crippen LogP contribution in [0.15, 0.2) is 79.3 Å². The lowest BCUT2D eigenvalue weighted by molar-refractivity contribution is 0.472. The van der Waals surface area contributed by atoms with Crippen LogP contribution in [0.5, 0.6) is 5.75 Å². The van der Waals surface area contributed by atoms with Crippen LogP contribution >= 0.6 is 23.8 Å². The van der Waals surface area contributed by atoms with Crippen molar-refractivity contribution in [2.75, 3.05) is 4.90 Å². The Bertz CT molecular complexity index is 1280. The molecule has 1 aromatic carbocycles. The van der Waals surface area contributed by atoms with Crippen LogP contribution in [0.4, 0.5) is 5.69 Å². The lowest BCUT2D eigenvalue weighted by Crippen LogP contribution is -2.30. The van der Waals surface area contributed by atoms with Gasteiger partial charge in [-0.05, 0) is 73.2 Å². The smallest absolute Gasteiger partial charge is 0.174 e. The van der Waals surface area contributed by atoms with E-state index in [1.807, 2.05) is 71.2 Å². The molecule has 2 N–H and O–H groups in total. The van der Waals surface area contributed by atoms with Crippen LogP contribution in [0, 0.1) is 6.92 Å². The average Bonchev–Trinajstić information content (AvgIpc) is 3.41. The maximum atomic E-state index is 10.7. The van der Waals surface area contributed by atoms with E-state index in [1.54, 1.807) is 24.4 Å². The van der Waals surface area contributed by atoms with E-state index in [-0.39, 0.29) is 17.8 Å². The number of aromatic nitrogens is 3. The van der Waals surface area contributed by atoms with Crippen molar-refractivity contribution in [3.8, 4) is 11.6 Å². The molecule has 4 heterocycles. The van der Waals surface area contributed by atoms with E-state index in [0.29, 0.717) is 15.8 Å². The molecule has 5 rings (SSSR count). The quantitative estimate of drug-likeness (QED) is 0.411. The number of hydrogen-bond donors (Lipinski definition) is 2. The molecule has 0 spiro atoms. The number of hydrogen-bond acceptors (Lipinski definition) is 4. The molecule has 0 amide bonds. The number of benzene rings is 1. The number of nitrogens with one attached hydrogen (secondary N) is 1. The highest BCUT2D eigenvalue weighted by molar-refractivity contribution is 7.80. The summed E-state index contributed by atoms with van der Waals surface area (Å²) in [6.07, 6.45) is 5.57. The molecule has 1 aliphatic rings. The van der Waals surface area contributed by atoms with Gasteiger partial charge >= 0.3 is 0 Å². The maximum absolute atomic E-state index is 10.7. The van der Waals surface area contributed by atoms with Crippen molar-refractivity contribution in [1.29, 1.82) is 0 Å². The fourth-order valence-electron chi connectivity index (χ4n) is 4.05. The molecule has 4 aromatic rings. The van der Waals surface area contributed by atoms with Crippen LogP contribution in [0.2, 0.25) is 5.02 Å². The minimum Gasteiger partial charge on any atom is -0.506 e. The zero-order valence-electron chi connectivity index (χ0n) is 17.2. The summed E-state index contributed by atoms with van der Waals surface area (Å²) < 4.78 is 2.03. The molecule has 32 heavy (non-hydrogen) atoms. The fraction of sp³-hybridized carbons (Fsp3) is 0.125. The van der Waals surface area contributed by atoms with Gasteiger partial charge < -0.3 is 19.9 Å². The van der Waals surface area contributed by atoms with E-state index in [2.05, 4.69) is 15.3 Å². The molecule has 0 aliphatic carbocycles. The minimum atomic E-state index is -0.306. The first kappa shape index (κ1) is 20.5. The first-order chi connectivity index (χ1) is 15.5. The second kappa shape index (κ2) is 8.26. The topological polar surface area (TPSA) is 66.2 Å². The number of halogens is 1. The molecule has 1 aliphatic heterocycles. The maximum Gasteiger partial charge on any atom is 0.174 e. The summed E-state index contributed by atoms with van der Waals surface area (Å²) >= 11 is 12.0. The Kier molecular flexibility index (Phi) is 5.28. The molecule has 160 valence electrons. The SMILES string of the molecule is Cc1ccc(-n2cccc2C2C(c3ccccn3)NC(=S)N2c2cc(Cl)ccc2O)nc1. The van der Waals surface area contributed by atoms with Crippen molar-refractivity contribution in [1.82, 2.24) is 19.9 Å². The normalized spacial score (nSPS) is 18.1. The fourth-order valence-corrected chi connectivity index (χ4v) is 4.56. The standard InChI is InChI=1S/C24H20ClN5OS/c1-15-7-10-21(27-14-15)29-12-4-6-18(29)23-22(17-5-2-3-11-26-17)28-24(32)30(23)19-13-16(25)8-9-20(19)31/h2-14,22-23,31H,1H3,(H,28,32). The number of aryl methyl sites for hydroxylation is 1. The van der Waals surface area contributed by atoms with Crippen LogP contribution < -0.4 is 10.2 Å². The first-order valence-electron chi connectivity index (χ1n) is 10.1. The first-order valence-corrected chi connectivity index (χ1v) is 10.9. The van der Waals surface area contributed by atoms with Crippen molar-refractivity contribution >= 4 is 34.6 Å². The highest BCUT2D eigenvalue weighted by Crippen LogP contribution is 2.45. The molecule has 3 aromatic heterocycles. The van der Waals surface area contributed by atoms with E-state index in [4.69, 9.17) is 23.8 Å². The molecule has 0 saturated carbocycles. The summed E-state index contributed by atoms with van der Waals surface area (Å²) in [6, 6.07) is 18.2. The molecule has 2 unspecified atom stereocenters. The number of anilines is 1. The average molecular weight is 462 g/mol. The summed E-state index contributed by atoms with van der Waals surface area (Å²) in [5.74, 6) is 0.889.